The predicted octanol–water partition coefficient (Wildman–Crippen LogP) is 4.58. The van der Waals surface area contributed by atoms with Crippen molar-refractivity contribution >= 4 is 29.9 Å². The summed E-state index contributed by atoms with van der Waals surface area (Å²) >= 11 is 0. The summed E-state index contributed by atoms with van der Waals surface area (Å²) in [5.74, 6) is 2.62. The molecule has 0 bridgehead atoms. The van der Waals surface area contributed by atoms with Gasteiger partial charge in [-0.15, -0.1) is 24.0 Å². The van der Waals surface area contributed by atoms with Gasteiger partial charge in [0.15, 0.2) is 5.96 Å². The lowest BCUT2D eigenvalue weighted by atomic mass is 9.96. The van der Waals surface area contributed by atoms with Crippen LogP contribution in [-0.4, -0.2) is 38.4 Å². The van der Waals surface area contributed by atoms with Gasteiger partial charge in [0.2, 0.25) is 0 Å². The van der Waals surface area contributed by atoms with Crippen LogP contribution in [0.1, 0.15) is 42.4 Å². The molecule has 4 rings (SSSR count). The molecule has 1 aliphatic carbocycles. The largest absolute Gasteiger partial charge is 0.490 e. The lowest BCUT2D eigenvalue weighted by Crippen LogP contribution is -2.36. The second-order valence-corrected chi connectivity index (χ2v) is 8.27. The SMILES string of the molecule is CN=C(NCc1ccccc1OC1CCC1)NCc1ccc(C)cc1OC1CCOC1.I. The standard InChI is InChI=1S/C25H33N3O3.HI/c1-18-10-11-20(24(14-18)31-22-12-13-29-17-22)16-28-25(26-2)27-15-19-6-3-4-9-23(19)30-21-7-5-8-21;/h3-4,6,9-11,14,21-22H,5,7-8,12-13,15-17H2,1-2H3,(H2,26,27,28);1H. The first-order valence-corrected chi connectivity index (χ1v) is 11.2. The number of nitrogens with zero attached hydrogens (tertiary/aromatic N) is 1. The summed E-state index contributed by atoms with van der Waals surface area (Å²) in [6.07, 6.45) is 5.00. The number of para-hydroxylation sites is 1. The Morgan fingerprint density at radius 2 is 1.69 bits per heavy atom. The Labute approximate surface area is 208 Å². The van der Waals surface area contributed by atoms with Crippen LogP contribution in [0, 0.1) is 6.92 Å². The molecular weight excluding hydrogens is 517 g/mol. The Bertz CT molecular complexity index is 896. The normalized spacial score (nSPS) is 18.4. The highest BCUT2D eigenvalue weighted by atomic mass is 127. The molecule has 0 radical (unpaired) electrons. The van der Waals surface area contributed by atoms with Crippen LogP contribution in [-0.2, 0) is 17.8 Å². The minimum atomic E-state index is 0. The van der Waals surface area contributed by atoms with Gasteiger partial charge in [-0.25, -0.2) is 0 Å². The first-order valence-electron chi connectivity index (χ1n) is 11.2. The third kappa shape index (κ3) is 6.75. The summed E-state index contributed by atoms with van der Waals surface area (Å²) in [5, 5.41) is 6.82. The highest BCUT2D eigenvalue weighted by molar-refractivity contribution is 14.0. The van der Waals surface area contributed by atoms with E-state index in [0.29, 0.717) is 25.8 Å². The average Bonchev–Trinajstić information content (AvgIpc) is 3.26. The van der Waals surface area contributed by atoms with E-state index in [-0.39, 0.29) is 30.1 Å². The molecule has 1 saturated carbocycles. The molecule has 2 fully saturated rings. The van der Waals surface area contributed by atoms with Crippen molar-refractivity contribution in [3.8, 4) is 11.5 Å². The number of hydrogen-bond acceptors (Lipinski definition) is 4. The van der Waals surface area contributed by atoms with Gasteiger partial charge in [-0.05, 0) is 43.9 Å². The number of benzene rings is 2. The van der Waals surface area contributed by atoms with E-state index in [9.17, 15) is 0 Å². The molecule has 6 nitrogen and oxygen atoms in total. The molecule has 1 aliphatic heterocycles. The summed E-state index contributed by atoms with van der Waals surface area (Å²) in [7, 11) is 1.79. The van der Waals surface area contributed by atoms with Gasteiger partial charge in [-0.3, -0.25) is 4.99 Å². The van der Waals surface area contributed by atoms with Gasteiger partial charge in [0.25, 0.3) is 0 Å². The second-order valence-electron chi connectivity index (χ2n) is 8.27. The number of halogens is 1. The zero-order valence-electron chi connectivity index (χ0n) is 18.9. The fourth-order valence-electron chi connectivity index (χ4n) is 3.71. The molecule has 174 valence electrons. The zero-order valence-corrected chi connectivity index (χ0v) is 21.3. The van der Waals surface area contributed by atoms with Crippen molar-refractivity contribution in [3.05, 3.63) is 59.2 Å². The molecule has 2 N–H and O–H groups in total. The van der Waals surface area contributed by atoms with Gasteiger partial charge in [-0.1, -0.05) is 30.3 Å². The van der Waals surface area contributed by atoms with Crippen LogP contribution in [0.15, 0.2) is 47.5 Å². The van der Waals surface area contributed by atoms with Crippen LogP contribution in [0.4, 0.5) is 0 Å². The van der Waals surface area contributed by atoms with E-state index in [0.717, 1.165) is 54.5 Å². The van der Waals surface area contributed by atoms with E-state index < -0.39 is 0 Å². The minimum absolute atomic E-state index is 0. The molecule has 1 atom stereocenters. The zero-order chi connectivity index (χ0) is 21.5. The quantitative estimate of drug-likeness (QED) is 0.286. The predicted molar refractivity (Wildman–Crippen MR) is 138 cm³/mol. The van der Waals surface area contributed by atoms with Crippen molar-refractivity contribution in [2.24, 2.45) is 4.99 Å². The van der Waals surface area contributed by atoms with Crippen molar-refractivity contribution in [1.29, 1.82) is 0 Å². The molecule has 2 aromatic carbocycles. The third-order valence-electron chi connectivity index (χ3n) is 5.84. The Morgan fingerprint density at radius 3 is 2.34 bits per heavy atom. The number of guanidine groups is 1. The molecule has 0 amide bonds. The van der Waals surface area contributed by atoms with Crippen molar-refractivity contribution < 1.29 is 14.2 Å². The van der Waals surface area contributed by atoms with Gasteiger partial charge < -0.3 is 24.8 Å². The molecule has 32 heavy (non-hydrogen) atoms. The molecule has 1 unspecified atom stereocenters. The minimum Gasteiger partial charge on any atom is -0.490 e. The van der Waals surface area contributed by atoms with Crippen LogP contribution in [0.25, 0.3) is 0 Å². The summed E-state index contributed by atoms with van der Waals surface area (Å²) in [6.45, 7) is 4.79. The third-order valence-corrected chi connectivity index (χ3v) is 5.84. The smallest absolute Gasteiger partial charge is 0.191 e. The molecule has 0 spiro atoms. The molecule has 2 aromatic rings. The van der Waals surface area contributed by atoms with Crippen LogP contribution in [0.2, 0.25) is 0 Å². The lowest BCUT2D eigenvalue weighted by molar-refractivity contribution is 0.119. The highest BCUT2D eigenvalue weighted by Gasteiger charge is 2.20. The molecule has 1 saturated heterocycles. The number of nitrogens with one attached hydrogen (secondary N) is 2. The van der Waals surface area contributed by atoms with Crippen LogP contribution in [0.5, 0.6) is 11.5 Å². The Balaban J connectivity index is 0.00000289. The van der Waals surface area contributed by atoms with Crippen molar-refractivity contribution in [3.63, 3.8) is 0 Å². The van der Waals surface area contributed by atoms with E-state index in [2.05, 4.69) is 46.8 Å². The van der Waals surface area contributed by atoms with Gasteiger partial charge >= 0.3 is 0 Å². The summed E-state index contributed by atoms with van der Waals surface area (Å²) in [6, 6.07) is 14.5. The number of ether oxygens (including phenoxy) is 3. The maximum atomic E-state index is 6.21. The van der Waals surface area contributed by atoms with Crippen LogP contribution < -0.4 is 20.1 Å². The van der Waals surface area contributed by atoms with E-state index in [1.54, 1.807) is 7.05 Å². The molecule has 1 heterocycles. The Morgan fingerprint density at radius 1 is 0.969 bits per heavy atom. The lowest BCUT2D eigenvalue weighted by Gasteiger charge is -2.27. The van der Waals surface area contributed by atoms with Crippen LogP contribution in [0.3, 0.4) is 0 Å². The summed E-state index contributed by atoms with van der Waals surface area (Å²) < 4.78 is 17.8. The molecule has 2 aliphatic rings. The number of aliphatic imine (C=N–C) groups is 1. The monoisotopic (exact) mass is 551 g/mol. The topological polar surface area (TPSA) is 64.1 Å². The van der Waals surface area contributed by atoms with Crippen molar-refractivity contribution in [2.75, 3.05) is 20.3 Å². The first-order chi connectivity index (χ1) is 15.2. The summed E-state index contributed by atoms with van der Waals surface area (Å²) in [5.41, 5.74) is 3.43. The average molecular weight is 551 g/mol. The van der Waals surface area contributed by atoms with Gasteiger partial charge in [0.05, 0.1) is 19.3 Å². The number of hydrogen-bond donors (Lipinski definition) is 2. The summed E-state index contributed by atoms with van der Waals surface area (Å²) in [4.78, 5) is 4.38. The van der Waals surface area contributed by atoms with Crippen molar-refractivity contribution in [2.45, 2.75) is 57.9 Å². The van der Waals surface area contributed by atoms with Gasteiger partial charge in [-0.2, -0.15) is 0 Å². The highest BCUT2D eigenvalue weighted by Crippen LogP contribution is 2.27. The maximum Gasteiger partial charge on any atom is 0.191 e. The Hall–Kier alpha value is -2.00. The first kappa shape index (κ1) is 24.6. The van der Waals surface area contributed by atoms with E-state index in [1.807, 2.05) is 18.2 Å². The van der Waals surface area contributed by atoms with E-state index in [4.69, 9.17) is 14.2 Å². The number of aryl methyl sites for hydroxylation is 1. The van der Waals surface area contributed by atoms with E-state index in [1.165, 1.54) is 12.0 Å². The van der Waals surface area contributed by atoms with E-state index >= 15 is 0 Å². The van der Waals surface area contributed by atoms with Crippen LogP contribution >= 0.6 is 24.0 Å². The Kier molecular flexibility index (Phi) is 9.47. The molecule has 7 heteroatoms. The van der Waals surface area contributed by atoms with Gasteiger partial charge in [0, 0.05) is 37.7 Å². The fourth-order valence-corrected chi connectivity index (χ4v) is 3.71. The number of rotatable bonds is 8. The fraction of sp³-hybridized carbons (Fsp3) is 0.480. The second kappa shape index (κ2) is 12.3. The van der Waals surface area contributed by atoms with Gasteiger partial charge in [0.1, 0.15) is 17.6 Å². The molecule has 0 aromatic heterocycles. The maximum absolute atomic E-state index is 6.21. The van der Waals surface area contributed by atoms with Crippen molar-refractivity contribution in [1.82, 2.24) is 10.6 Å². The molecular formula is C25H34IN3O3.